The van der Waals surface area contributed by atoms with Gasteiger partial charge in [-0.3, -0.25) is 5.43 Å². The number of H-pyrrole nitrogens is 1. The zero-order valence-corrected chi connectivity index (χ0v) is 14.8. The van der Waals surface area contributed by atoms with Crippen LogP contribution >= 0.6 is 12.2 Å². The molecule has 0 atom stereocenters. The van der Waals surface area contributed by atoms with Crippen LogP contribution in [0.1, 0.15) is 22.4 Å². The highest BCUT2D eigenvalue weighted by Gasteiger charge is 2.05. The number of thiocarbonyl (C=S) groups is 1. The van der Waals surface area contributed by atoms with Crippen LogP contribution in [0.2, 0.25) is 0 Å². The Morgan fingerprint density at radius 1 is 1.12 bits per heavy atom. The molecule has 0 bridgehead atoms. The molecule has 0 saturated carbocycles. The number of fused-ring (bicyclic) bond motifs is 1. The van der Waals surface area contributed by atoms with E-state index in [1.165, 1.54) is 5.56 Å². The molecule has 0 radical (unpaired) electrons. The van der Waals surface area contributed by atoms with Crippen molar-refractivity contribution < 1.29 is 0 Å². The number of nitrogens with one attached hydrogen (secondary N) is 3. The molecule has 5 heteroatoms. The molecule has 0 spiro atoms. The van der Waals surface area contributed by atoms with Crippen molar-refractivity contribution in [2.45, 2.75) is 20.8 Å². The van der Waals surface area contributed by atoms with Gasteiger partial charge in [0.1, 0.15) is 0 Å². The van der Waals surface area contributed by atoms with Gasteiger partial charge in [0.05, 0.1) is 6.21 Å². The molecule has 0 fully saturated rings. The molecule has 0 aliphatic heterocycles. The SMILES string of the molecule is Cc1ccc(NC(=S)NN=Cc2c(C)[nH]c3ccccc23)c(C)c1. The smallest absolute Gasteiger partial charge is 0.191 e. The van der Waals surface area contributed by atoms with Crippen LogP contribution in [0, 0.1) is 20.8 Å². The lowest BCUT2D eigenvalue weighted by Crippen LogP contribution is -2.24. The van der Waals surface area contributed by atoms with Crippen molar-refractivity contribution in [3.63, 3.8) is 0 Å². The summed E-state index contributed by atoms with van der Waals surface area (Å²) in [6.07, 6.45) is 1.80. The van der Waals surface area contributed by atoms with E-state index in [4.69, 9.17) is 12.2 Å². The summed E-state index contributed by atoms with van der Waals surface area (Å²) >= 11 is 5.31. The number of aromatic amines is 1. The highest BCUT2D eigenvalue weighted by molar-refractivity contribution is 7.80. The van der Waals surface area contributed by atoms with Crippen LogP contribution in [0.5, 0.6) is 0 Å². The van der Waals surface area contributed by atoms with Crippen molar-refractivity contribution in [2.75, 3.05) is 5.32 Å². The second-order valence-corrected chi connectivity index (χ2v) is 6.26. The summed E-state index contributed by atoms with van der Waals surface area (Å²) < 4.78 is 0. The Kier molecular flexibility index (Phi) is 4.62. The zero-order valence-electron chi connectivity index (χ0n) is 14.0. The van der Waals surface area contributed by atoms with E-state index >= 15 is 0 Å². The minimum atomic E-state index is 0.468. The molecular weight excluding hydrogens is 316 g/mol. The lowest BCUT2D eigenvalue weighted by atomic mass is 10.1. The topological polar surface area (TPSA) is 52.2 Å². The second kappa shape index (κ2) is 6.84. The first-order chi connectivity index (χ1) is 11.5. The Labute approximate surface area is 147 Å². The standard InChI is InChI=1S/C19H20N4S/c1-12-8-9-17(13(2)10-12)22-19(24)23-20-11-16-14(3)21-18-7-5-4-6-15(16)18/h4-11,21H,1-3H3,(H2,22,23,24). The first-order valence-electron chi connectivity index (χ1n) is 7.79. The highest BCUT2D eigenvalue weighted by Crippen LogP contribution is 2.20. The van der Waals surface area contributed by atoms with Gasteiger partial charge in [0.25, 0.3) is 0 Å². The maximum atomic E-state index is 5.31. The number of benzene rings is 2. The molecule has 122 valence electrons. The Morgan fingerprint density at radius 2 is 1.92 bits per heavy atom. The van der Waals surface area contributed by atoms with Gasteiger partial charge in [0, 0.05) is 27.8 Å². The Morgan fingerprint density at radius 3 is 2.71 bits per heavy atom. The minimum Gasteiger partial charge on any atom is -0.358 e. The van der Waals surface area contributed by atoms with Crippen molar-refractivity contribution in [3.05, 3.63) is 64.8 Å². The summed E-state index contributed by atoms with van der Waals surface area (Å²) in [4.78, 5) is 3.35. The molecule has 2 aromatic carbocycles. The van der Waals surface area contributed by atoms with E-state index in [-0.39, 0.29) is 0 Å². The van der Waals surface area contributed by atoms with Crippen molar-refractivity contribution in [1.29, 1.82) is 0 Å². The van der Waals surface area contributed by atoms with Crippen molar-refractivity contribution in [2.24, 2.45) is 5.10 Å². The summed E-state index contributed by atoms with van der Waals surface area (Å²) in [5.41, 5.74) is 9.48. The molecule has 4 nitrogen and oxygen atoms in total. The van der Waals surface area contributed by atoms with Gasteiger partial charge in [-0.1, -0.05) is 35.9 Å². The largest absolute Gasteiger partial charge is 0.358 e. The van der Waals surface area contributed by atoms with E-state index in [1.54, 1.807) is 6.21 Å². The average Bonchev–Trinajstić information content (AvgIpc) is 2.86. The van der Waals surface area contributed by atoms with Crippen LogP contribution in [0.15, 0.2) is 47.6 Å². The van der Waals surface area contributed by atoms with Crippen LogP contribution in [-0.4, -0.2) is 16.3 Å². The fourth-order valence-electron chi connectivity index (χ4n) is 2.72. The molecule has 3 N–H and O–H groups in total. The molecule has 0 unspecified atom stereocenters. The number of hydrogen-bond acceptors (Lipinski definition) is 2. The first kappa shape index (κ1) is 16.2. The summed E-state index contributed by atoms with van der Waals surface area (Å²) in [6.45, 7) is 6.16. The molecule has 24 heavy (non-hydrogen) atoms. The number of hydrogen-bond donors (Lipinski definition) is 3. The Balaban J connectivity index is 1.69. The van der Waals surface area contributed by atoms with Crippen LogP contribution in [0.25, 0.3) is 10.9 Å². The van der Waals surface area contributed by atoms with Crippen LogP contribution in [0.4, 0.5) is 5.69 Å². The second-order valence-electron chi connectivity index (χ2n) is 5.85. The lowest BCUT2D eigenvalue weighted by molar-refractivity contribution is 1.05. The molecule has 0 saturated heterocycles. The number of para-hydroxylation sites is 1. The van der Waals surface area contributed by atoms with Gasteiger partial charge in [-0.15, -0.1) is 0 Å². The van der Waals surface area contributed by atoms with E-state index in [2.05, 4.69) is 58.9 Å². The summed E-state index contributed by atoms with van der Waals surface area (Å²) in [6, 6.07) is 14.4. The maximum absolute atomic E-state index is 5.31. The van der Waals surface area contributed by atoms with Gasteiger partial charge in [-0.2, -0.15) is 5.10 Å². The third kappa shape index (κ3) is 3.46. The molecular formula is C19H20N4S. The number of nitrogens with zero attached hydrogens (tertiary/aromatic N) is 1. The van der Waals surface area contributed by atoms with Gasteiger partial charge in [0.2, 0.25) is 0 Å². The molecule has 1 heterocycles. The number of anilines is 1. The minimum absolute atomic E-state index is 0.468. The van der Waals surface area contributed by atoms with E-state index < -0.39 is 0 Å². The summed E-state index contributed by atoms with van der Waals surface area (Å²) in [5, 5.41) is 9.05. The van der Waals surface area contributed by atoms with E-state index in [0.29, 0.717) is 5.11 Å². The average molecular weight is 336 g/mol. The van der Waals surface area contributed by atoms with Gasteiger partial charge in [-0.25, -0.2) is 0 Å². The van der Waals surface area contributed by atoms with Crippen LogP contribution in [0.3, 0.4) is 0 Å². The van der Waals surface area contributed by atoms with Gasteiger partial charge in [-0.05, 0) is 50.7 Å². The lowest BCUT2D eigenvalue weighted by Gasteiger charge is -2.10. The van der Waals surface area contributed by atoms with Crippen molar-refractivity contribution in [3.8, 4) is 0 Å². The fourth-order valence-corrected chi connectivity index (χ4v) is 2.89. The van der Waals surface area contributed by atoms with E-state index in [0.717, 1.165) is 33.4 Å². The van der Waals surface area contributed by atoms with Gasteiger partial charge in [0.15, 0.2) is 5.11 Å². The summed E-state index contributed by atoms with van der Waals surface area (Å²) in [5.74, 6) is 0. The fraction of sp³-hybridized carbons (Fsp3) is 0.158. The predicted octanol–water partition coefficient (Wildman–Crippen LogP) is 4.41. The highest BCUT2D eigenvalue weighted by atomic mass is 32.1. The Hall–Kier alpha value is -2.66. The molecule has 3 rings (SSSR count). The zero-order chi connectivity index (χ0) is 17.1. The summed E-state index contributed by atoms with van der Waals surface area (Å²) in [7, 11) is 0. The molecule has 1 aromatic heterocycles. The third-order valence-electron chi connectivity index (χ3n) is 3.93. The number of aromatic nitrogens is 1. The van der Waals surface area contributed by atoms with E-state index in [1.807, 2.05) is 25.1 Å². The Bertz CT molecular complexity index is 924. The maximum Gasteiger partial charge on any atom is 0.191 e. The number of aryl methyl sites for hydroxylation is 3. The van der Waals surface area contributed by atoms with Crippen molar-refractivity contribution >= 4 is 40.1 Å². The molecule has 0 aliphatic carbocycles. The number of rotatable bonds is 3. The van der Waals surface area contributed by atoms with Crippen LogP contribution < -0.4 is 10.7 Å². The van der Waals surface area contributed by atoms with Crippen LogP contribution in [-0.2, 0) is 0 Å². The molecule has 0 amide bonds. The predicted molar refractivity (Wildman–Crippen MR) is 106 cm³/mol. The van der Waals surface area contributed by atoms with Gasteiger partial charge >= 0.3 is 0 Å². The molecule has 0 aliphatic rings. The molecule has 3 aromatic rings. The third-order valence-corrected chi connectivity index (χ3v) is 4.13. The monoisotopic (exact) mass is 336 g/mol. The normalized spacial score (nSPS) is 11.1. The van der Waals surface area contributed by atoms with Gasteiger partial charge < -0.3 is 10.3 Å². The van der Waals surface area contributed by atoms with E-state index in [9.17, 15) is 0 Å². The first-order valence-corrected chi connectivity index (χ1v) is 8.20. The quantitative estimate of drug-likeness (QED) is 0.377. The number of hydrazone groups is 1. The van der Waals surface area contributed by atoms with Crippen molar-refractivity contribution in [1.82, 2.24) is 10.4 Å².